The predicted octanol–water partition coefficient (Wildman–Crippen LogP) is 1.57. The van der Waals surface area contributed by atoms with Crippen LogP contribution < -0.4 is 5.32 Å². The van der Waals surface area contributed by atoms with E-state index in [4.69, 9.17) is 4.42 Å². The number of oxazole rings is 1. The molecule has 0 fully saturated rings. The van der Waals surface area contributed by atoms with E-state index in [2.05, 4.69) is 25.6 Å². The molecular weight excluding hydrogens is 244 g/mol. The van der Waals surface area contributed by atoms with E-state index < -0.39 is 0 Å². The lowest BCUT2D eigenvalue weighted by atomic mass is 10.3. The molecule has 7 nitrogen and oxygen atoms in total. The van der Waals surface area contributed by atoms with Crippen LogP contribution in [-0.2, 0) is 6.54 Å². The number of anilines is 1. The van der Waals surface area contributed by atoms with Gasteiger partial charge in [0.25, 0.3) is 0 Å². The Bertz CT molecular complexity index is 660. The number of hydrogen-bond donors (Lipinski definition) is 1. The maximum atomic E-state index is 5.16. The van der Waals surface area contributed by atoms with E-state index in [1.165, 1.54) is 0 Å². The van der Waals surface area contributed by atoms with Crippen molar-refractivity contribution in [1.82, 2.24) is 25.0 Å². The molecule has 0 aliphatic carbocycles. The van der Waals surface area contributed by atoms with Crippen LogP contribution in [0.1, 0.15) is 11.6 Å². The van der Waals surface area contributed by atoms with Crippen LogP contribution in [0.5, 0.6) is 0 Å². The summed E-state index contributed by atoms with van der Waals surface area (Å²) in [6, 6.07) is 1.87. The van der Waals surface area contributed by atoms with Gasteiger partial charge in [-0.1, -0.05) is 5.21 Å². The molecule has 3 rings (SSSR count). The van der Waals surface area contributed by atoms with E-state index >= 15 is 0 Å². The molecule has 0 atom stereocenters. The molecule has 1 N–H and O–H groups in total. The van der Waals surface area contributed by atoms with Gasteiger partial charge in [-0.05, 0) is 6.07 Å². The quantitative estimate of drug-likeness (QED) is 0.763. The van der Waals surface area contributed by atoms with Crippen molar-refractivity contribution >= 4 is 5.69 Å². The summed E-state index contributed by atoms with van der Waals surface area (Å²) in [6.07, 6.45) is 8.49. The molecular formula is C12H12N6O. The summed E-state index contributed by atoms with van der Waals surface area (Å²) in [5.74, 6) is 0.652. The Hall–Kier alpha value is -2.70. The zero-order valence-corrected chi connectivity index (χ0v) is 10.3. The van der Waals surface area contributed by atoms with E-state index in [9.17, 15) is 0 Å². The van der Waals surface area contributed by atoms with Crippen LogP contribution in [0.25, 0.3) is 5.69 Å². The molecule has 0 amide bonds. The molecule has 0 bridgehead atoms. The molecule has 0 radical (unpaired) electrons. The Morgan fingerprint density at radius 1 is 1.37 bits per heavy atom. The van der Waals surface area contributed by atoms with Gasteiger partial charge in [-0.25, -0.2) is 9.67 Å². The monoisotopic (exact) mass is 256 g/mol. The molecule has 3 aromatic rings. The number of nitrogens with one attached hydrogen (secondary N) is 1. The average molecular weight is 256 g/mol. The third-order valence-corrected chi connectivity index (χ3v) is 2.59. The lowest BCUT2D eigenvalue weighted by Gasteiger charge is -2.09. The summed E-state index contributed by atoms with van der Waals surface area (Å²) in [5.41, 5.74) is 2.58. The van der Waals surface area contributed by atoms with Gasteiger partial charge in [0.05, 0.1) is 42.2 Å². The largest absolute Gasteiger partial charge is 0.449 e. The maximum absolute atomic E-state index is 5.16. The molecule has 0 saturated heterocycles. The molecule has 7 heteroatoms. The fourth-order valence-electron chi connectivity index (χ4n) is 1.74. The normalized spacial score (nSPS) is 10.6. The zero-order valence-electron chi connectivity index (χ0n) is 10.3. The number of aryl methyl sites for hydroxylation is 1. The van der Waals surface area contributed by atoms with Gasteiger partial charge in [-0.3, -0.25) is 4.98 Å². The van der Waals surface area contributed by atoms with Gasteiger partial charge in [-0.2, -0.15) is 0 Å². The highest BCUT2D eigenvalue weighted by Gasteiger charge is 2.06. The molecule has 0 saturated carbocycles. The van der Waals surface area contributed by atoms with Crippen molar-refractivity contribution in [3.8, 4) is 5.69 Å². The van der Waals surface area contributed by atoms with Gasteiger partial charge in [-0.15, -0.1) is 5.10 Å². The fraction of sp³-hybridized carbons (Fsp3) is 0.167. The molecule has 0 aromatic carbocycles. The topological polar surface area (TPSA) is 81.7 Å². The minimum Gasteiger partial charge on any atom is -0.449 e. The van der Waals surface area contributed by atoms with Crippen molar-refractivity contribution in [2.75, 3.05) is 5.32 Å². The van der Waals surface area contributed by atoms with Crippen LogP contribution in [-0.4, -0.2) is 25.0 Å². The number of hydrogen-bond acceptors (Lipinski definition) is 6. The van der Waals surface area contributed by atoms with E-state index in [0.29, 0.717) is 12.4 Å². The maximum Gasteiger partial charge on any atom is 0.191 e. The fourth-order valence-corrected chi connectivity index (χ4v) is 1.74. The number of pyridine rings is 1. The van der Waals surface area contributed by atoms with Gasteiger partial charge in [0.1, 0.15) is 6.26 Å². The Balaban J connectivity index is 1.81. The molecule has 96 valence electrons. The highest BCUT2D eigenvalue weighted by Crippen LogP contribution is 2.18. The van der Waals surface area contributed by atoms with Gasteiger partial charge in [0.2, 0.25) is 0 Å². The second kappa shape index (κ2) is 4.89. The number of rotatable bonds is 4. The SMILES string of the molecule is Cc1nc(CNc2cnccc2-n2ccnn2)co1. The smallest absolute Gasteiger partial charge is 0.191 e. The van der Waals surface area contributed by atoms with Crippen LogP contribution in [0, 0.1) is 6.92 Å². The van der Waals surface area contributed by atoms with Crippen molar-refractivity contribution in [2.45, 2.75) is 13.5 Å². The lowest BCUT2D eigenvalue weighted by Crippen LogP contribution is -2.05. The Morgan fingerprint density at radius 2 is 2.32 bits per heavy atom. The van der Waals surface area contributed by atoms with Gasteiger partial charge in [0.15, 0.2) is 5.89 Å². The highest BCUT2D eigenvalue weighted by molar-refractivity contribution is 5.58. The van der Waals surface area contributed by atoms with Gasteiger partial charge >= 0.3 is 0 Å². The number of aromatic nitrogens is 5. The second-order valence-corrected chi connectivity index (χ2v) is 3.95. The zero-order chi connectivity index (χ0) is 13.1. The first-order chi connectivity index (χ1) is 9.33. The standard InChI is InChI=1S/C12H12N6O/c1-9-16-10(8-19-9)6-14-11-7-13-3-2-12(11)18-5-4-15-17-18/h2-5,7-8,14H,6H2,1H3. The molecule has 0 aliphatic rings. The second-order valence-electron chi connectivity index (χ2n) is 3.95. The first-order valence-corrected chi connectivity index (χ1v) is 5.78. The third kappa shape index (κ3) is 2.44. The van der Waals surface area contributed by atoms with E-state index in [-0.39, 0.29) is 0 Å². The van der Waals surface area contributed by atoms with E-state index in [0.717, 1.165) is 17.1 Å². The Kier molecular flexibility index (Phi) is 2.93. The predicted molar refractivity (Wildman–Crippen MR) is 67.7 cm³/mol. The van der Waals surface area contributed by atoms with Crippen molar-refractivity contribution < 1.29 is 4.42 Å². The summed E-state index contributed by atoms with van der Waals surface area (Å²) in [6.45, 7) is 2.37. The van der Waals surface area contributed by atoms with Crippen LogP contribution in [0.4, 0.5) is 5.69 Å². The van der Waals surface area contributed by atoms with Crippen molar-refractivity contribution in [1.29, 1.82) is 0 Å². The molecule has 3 heterocycles. The molecule has 0 unspecified atom stereocenters. The van der Waals surface area contributed by atoms with Crippen molar-refractivity contribution in [3.63, 3.8) is 0 Å². The van der Waals surface area contributed by atoms with Crippen molar-refractivity contribution in [2.24, 2.45) is 0 Å². The van der Waals surface area contributed by atoms with Gasteiger partial charge in [0, 0.05) is 13.1 Å². The van der Waals surface area contributed by atoms with E-state index in [1.54, 1.807) is 35.7 Å². The molecule has 0 aliphatic heterocycles. The first-order valence-electron chi connectivity index (χ1n) is 5.78. The minimum absolute atomic E-state index is 0.560. The lowest BCUT2D eigenvalue weighted by molar-refractivity contribution is 0.520. The molecule has 0 spiro atoms. The van der Waals surface area contributed by atoms with Crippen molar-refractivity contribution in [3.05, 3.63) is 48.7 Å². The number of nitrogens with zero attached hydrogens (tertiary/aromatic N) is 5. The minimum atomic E-state index is 0.560. The Labute approximate surface area is 109 Å². The van der Waals surface area contributed by atoms with E-state index in [1.807, 2.05) is 13.0 Å². The van der Waals surface area contributed by atoms with Crippen LogP contribution in [0.15, 0.2) is 41.5 Å². The molecule has 3 aromatic heterocycles. The summed E-state index contributed by atoms with van der Waals surface area (Å²) in [5, 5.41) is 11.0. The highest BCUT2D eigenvalue weighted by atomic mass is 16.3. The first kappa shape index (κ1) is 11.4. The van der Waals surface area contributed by atoms with Gasteiger partial charge < -0.3 is 9.73 Å². The average Bonchev–Trinajstić information content (AvgIpc) is 3.08. The summed E-state index contributed by atoms with van der Waals surface area (Å²) in [7, 11) is 0. The third-order valence-electron chi connectivity index (χ3n) is 2.59. The van der Waals surface area contributed by atoms with Crippen LogP contribution in [0.2, 0.25) is 0 Å². The Morgan fingerprint density at radius 3 is 3.05 bits per heavy atom. The summed E-state index contributed by atoms with van der Waals surface area (Å²) >= 11 is 0. The summed E-state index contributed by atoms with van der Waals surface area (Å²) in [4.78, 5) is 8.34. The van der Waals surface area contributed by atoms with Crippen LogP contribution >= 0.6 is 0 Å². The van der Waals surface area contributed by atoms with Crippen LogP contribution in [0.3, 0.4) is 0 Å². The molecule has 19 heavy (non-hydrogen) atoms. The summed E-state index contributed by atoms with van der Waals surface area (Å²) < 4.78 is 6.84.